The van der Waals surface area contributed by atoms with Gasteiger partial charge in [0.1, 0.15) is 0 Å². The molecule has 0 heterocycles. The quantitative estimate of drug-likeness (QED) is 0.521. The van der Waals surface area contributed by atoms with Gasteiger partial charge >= 0.3 is 0 Å². The first-order chi connectivity index (χ1) is 9.88. The summed E-state index contributed by atoms with van der Waals surface area (Å²) >= 11 is 0. The first kappa shape index (κ1) is 14.0. The maximum atomic E-state index is 10.8. The topological polar surface area (TPSA) is 40.5 Å². The summed E-state index contributed by atoms with van der Waals surface area (Å²) in [6.45, 7) is 4.57. The summed E-state index contributed by atoms with van der Waals surface area (Å²) in [4.78, 5) is 0. The van der Waals surface area contributed by atoms with Gasteiger partial charge in [-0.15, -0.1) is 0 Å². The van der Waals surface area contributed by atoms with E-state index in [9.17, 15) is 10.2 Å². The average Bonchev–Trinajstić information content (AvgIpc) is 2.82. The Kier molecular flexibility index (Phi) is 2.83. The van der Waals surface area contributed by atoms with Crippen molar-refractivity contribution in [2.45, 2.75) is 77.4 Å². The van der Waals surface area contributed by atoms with Crippen LogP contribution in [-0.4, -0.2) is 16.0 Å². The Bertz CT molecular complexity index is 542. The molecule has 0 bridgehead atoms. The van der Waals surface area contributed by atoms with Crippen molar-refractivity contribution in [2.24, 2.45) is 16.7 Å². The molecule has 2 N–H and O–H groups in total. The number of fused-ring (bicyclic) bond motifs is 4. The van der Waals surface area contributed by atoms with Gasteiger partial charge in [0.05, 0.1) is 0 Å². The van der Waals surface area contributed by atoms with Crippen LogP contribution in [0.15, 0.2) is 22.8 Å². The van der Waals surface area contributed by atoms with Crippen molar-refractivity contribution >= 4 is 0 Å². The summed E-state index contributed by atoms with van der Waals surface area (Å²) in [7, 11) is 0. The van der Waals surface area contributed by atoms with E-state index in [1.165, 1.54) is 31.3 Å². The smallest absolute Gasteiger partial charge is 0.172 e. The molecule has 2 fully saturated rings. The van der Waals surface area contributed by atoms with Crippen LogP contribution in [0.1, 0.15) is 71.6 Å². The van der Waals surface area contributed by atoms with E-state index in [1.54, 1.807) is 11.1 Å². The van der Waals surface area contributed by atoms with Crippen molar-refractivity contribution in [1.82, 2.24) is 0 Å². The highest BCUT2D eigenvalue weighted by atomic mass is 16.5. The van der Waals surface area contributed by atoms with Gasteiger partial charge in [0, 0.05) is 11.8 Å². The Hall–Kier alpha value is -0.600. The highest BCUT2D eigenvalue weighted by Crippen LogP contribution is 2.64. The summed E-state index contributed by atoms with van der Waals surface area (Å²) in [6.07, 6.45) is 12.1. The standard InChI is InChI=1S/C19H28O2/c1-17-10-4-6-15(17)14-8-7-13-5-3-11-19(20,21)18(13,2)16(14)9-12-17/h5,16,20-21H,3-4,6-12H2,1-2H3/t16-,17-,18-/m0/s1. The van der Waals surface area contributed by atoms with Crippen LogP contribution >= 0.6 is 0 Å². The maximum absolute atomic E-state index is 10.8. The molecule has 2 saturated carbocycles. The van der Waals surface area contributed by atoms with Gasteiger partial charge in [-0.25, -0.2) is 0 Å². The van der Waals surface area contributed by atoms with Gasteiger partial charge in [0.2, 0.25) is 0 Å². The van der Waals surface area contributed by atoms with Gasteiger partial charge < -0.3 is 10.2 Å². The zero-order valence-corrected chi connectivity index (χ0v) is 13.4. The van der Waals surface area contributed by atoms with Crippen LogP contribution in [0.4, 0.5) is 0 Å². The predicted molar refractivity (Wildman–Crippen MR) is 83.5 cm³/mol. The molecule has 4 rings (SSSR count). The first-order valence-corrected chi connectivity index (χ1v) is 8.75. The normalized spacial score (nSPS) is 44.8. The summed E-state index contributed by atoms with van der Waals surface area (Å²) in [5.41, 5.74) is 4.59. The molecular formula is C19H28O2. The number of hydrogen-bond acceptors (Lipinski definition) is 2. The molecule has 4 aliphatic carbocycles. The number of allylic oxidation sites excluding steroid dienone is 3. The van der Waals surface area contributed by atoms with Crippen LogP contribution < -0.4 is 0 Å². The van der Waals surface area contributed by atoms with Gasteiger partial charge in [0.15, 0.2) is 5.79 Å². The third kappa shape index (κ3) is 1.66. The molecule has 0 amide bonds. The van der Waals surface area contributed by atoms with Gasteiger partial charge in [-0.2, -0.15) is 0 Å². The molecule has 4 aliphatic rings. The largest absolute Gasteiger partial charge is 0.365 e. The van der Waals surface area contributed by atoms with Crippen LogP contribution in [0.2, 0.25) is 0 Å². The zero-order chi connectivity index (χ0) is 14.9. The number of rotatable bonds is 0. The minimum absolute atomic E-state index is 0.356. The lowest BCUT2D eigenvalue weighted by atomic mass is 9.51. The van der Waals surface area contributed by atoms with Crippen LogP contribution in [-0.2, 0) is 0 Å². The second-order valence-electron chi connectivity index (χ2n) is 8.30. The maximum Gasteiger partial charge on any atom is 0.172 e. The summed E-state index contributed by atoms with van der Waals surface area (Å²) in [6, 6.07) is 0. The molecule has 3 atom stereocenters. The summed E-state index contributed by atoms with van der Waals surface area (Å²) in [5.74, 6) is -1.17. The van der Waals surface area contributed by atoms with Crippen LogP contribution in [0.25, 0.3) is 0 Å². The zero-order valence-electron chi connectivity index (χ0n) is 13.4. The Morgan fingerprint density at radius 3 is 2.67 bits per heavy atom. The van der Waals surface area contributed by atoms with E-state index in [1.807, 2.05) is 0 Å². The SMILES string of the molecule is C[C@@]12CCCC1=C1CCC3=CCCC(O)(O)[C@]3(C)[C@H]1CC2. The molecule has 0 aromatic carbocycles. The molecule has 21 heavy (non-hydrogen) atoms. The van der Waals surface area contributed by atoms with E-state index < -0.39 is 11.2 Å². The van der Waals surface area contributed by atoms with Crippen molar-refractivity contribution in [2.75, 3.05) is 0 Å². The number of aliphatic hydroxyl groups is 2. The second-order valence-corrected chi connectivity index (χ2v) is 8.30. The van der Waals surface area contributed by atoms with Gasteiger partial charge in [-0.05, 0) is 62.7 Å². The summed E-state index contributed by atoms with van der Waals surface area (Å²) < 4.78 is 0. The molecule has 2 heteroatoms. The van der Waals surface area contributed by atoms with E-state index in [2.05, 4.69) is 19.9 Å². The molecule has 0 radical (unpaired) electrons. The van der Waals surface area contributed by atoms with Crippen molar-refractivity contribution in [3.63, 3.8) is 0 Å². The predicted octanol–water partition coefficient (Wildman–Crippen LogP) is 4.08. The first-order valence-electron chi connectivity index (χ1n) is 8.75. The van der Waals surface area contributed by atoms with Crippen LogP contribution in [0.3, 0.4) is 0 Å². The van der Waals surface area contributed by atoms with Crippen molar-refractivity contribution in [3.8, 4) is 0 Å². The minimum atomic E-state index is -1.53. The lowest BCUT2D eigenvalue weighted by Gasteiger charge is -2.56. The molecule has 0 spiro atoms. The van der Waals surface area contributed by atoms with Crippen LogP contribution in [0.5, 0.6) is 0 Å². The van der Waals surface area contributed by atoms with Crippen molar-refractivity contribution in [3.05, 3.63) is 22.8 Å². The fourth-order valence-corrected chi connectivity index (χ4v) is 6.05. The van der Waals surface area contributed by atoms with Crippen LogP contribution in [0, 0.1) is 16.7 Å². The Morgan fingerprint density at radius 2 is 1.86 bits per heavy atom. The fraction of sp³-hybridized carbons (Fsp3) is 0.789. The molecule has 2 nitrogen and oxygen atoms in total. The molecular weight excluding hydrogens is 260 g/mol. The molecule has 116 valence electrons. The highest BCUT2D eigenvalue weighted by Gasteiger charge is 2.59. The van der Waals surface area contributed by atoms with Crippen molar-refractivity contribution < 1.29 is 10.2 Å². The average molecular weight is 288 g/mol. The van der Waals surface area contributed by atoms with E-state index in [4.69, 9.17) is 0 Å². The third-order valence-corrected chi connectivity index (χ3v) is 7.42. The summed E-state index contributed by atoms with van der Waals surface area (Å²) in [5, 5.41) is 21.5. The molecule has 0 saturated heterocycles. The van der Waals surface area contributed by atoms with Gasteiger partial charge in [-0.1, -0.05) is 36.6 Å². The fourth-order valence-electron chi connectivity index (χ4n) is 6.05. The number of hydrogen-bond donors (Lipinski definition) is 2. The minimum Gasteiger partial charge on any atom is -0.365 e. The second kappa shape index (κ2) is 4.23. The lowest BCUT2D eigenvalue weighted by Crippen LogP contribution is -2.56. The van der Waals surface area contributed by atoms with Gasteiger partial charge in [0.25, 0.3) is 0 Å². The molecule has 0 aromatic heterocycles. The Labute approximate surface area is 127 Å². The Morgan fingerprint density at radius 1 is 1.05 bits per heavy atom. The van der Waals surface area contributed by atoms with E-state index in [0.717, 1.165) is 25.7 Å². The molecule has 0 aliphatic heterocycles. The third-order valence-electron chi connectivity index (χ3n) is 7.42. The molecule has 0 unspecified atom stereocenters. The Balaban J connectivity index is 1.86. The van der Waals surface area contributed by atoms with Crippen molar-refractivity contribution in [1.29, 1.82) is 0 Å². The van der Waals surface area contributed by atoms with E-state index >= 15 is 0 Å². The van der Waals surface area contributed by atoms with Gasteiger partial charge in [-0.3, -0.25) is 0 Å². The monoisotopic (exact) mass is 288 g/mol. The molecule has 0 aromatic rings. The highest BCUT2D eigenvalue weighted by molar-refractivity contribution is 5.40. The van der Waals surface area contributed by atoms with E-state index in [-0.39, 0.29) is 0 Å². The lowest BCUT2D eigenvalue weighted by molar-refractivity contribution is -0.249. The van der Waals surface area contributed by atoms with E-state index in [0.29, 0.717) is 17.8 Å².